The Labute approximate surface area is 129 Å². The Morgan fingerprint density at radius 3 is 1.95 bits per heavy atom. The Morgan fingerprint density at radius 2 is 1.50 bits per heavy atom. The summed E-state index contributed by atoms with van der Waals surface area (Å²) in [6.07, 6.45) is 6.24. The molecule has 0 fully saturated rings. The van der Waals surface area contributed by atoms with Crippen LogP contribution in [-0.4, -0.2) is 6.29 Å². The fraction of sp³-hybridized carbons (Fsp3) is 0.0667. The number of aromatic nitrogens is 1. The van der Waals surface area contributed by atoms with Crippen molar-refractivity contribution in [1.29, 1.82) is 0 Å². The lowest BCUT2D eigenvalue weighted by atomic mass is 10.1. The maximum absolute atomic E-state index is 10.7. The van der Waals surface area contributed by atoms with Crippen LogP contribution in [0.4, 0.5) is 0 Å². The summed E-state index contributed by atoms with van der Waals surface area (Å²) in [4.78, 5) is 10.7. The lowest BCUT2D eigenvalue weighted by molar-refractivity contribution is -2.00. The van der Waals surface area contributed by atoms with E-state index >= 15 is 0 Å². The van der Waals surface area contributed by atoms with Crippen LogP contribution >= 0.6 is 0 Å². The van der Waals surface area contributed by atoms with Crippen molar-refractivity contribution < 1.29 is 38.2 Å². The highest BCUT2D eigenvalue weighted by Gasteiger charge is 2.11. The fourth-order valence-corrected chi connectivity index (χ4v) is 1.68. The number of rotatable bonds is 3. The van der Waals surface area contributed by atoms with Crippen LogP contribution in [-0.2, 0) is 4.79 Å². The largest absolute Gasteiger partial charge is 0.298 e. The predicted octanol–water partition coefficient (Wildman–Crippen LogP) is -2.39. The second-order valence-electron chi connectivity index (χ2n) is 4.21. The van der Waals surface area contributed by atoms with Crippen LogP contribution < -0.4 is 23.2 Å². The predicted molar refractivity (Wildman–Crippen MR) is 67.3 cm³/mol. The molecule has 0 aliphatic carbocycles. The van der Waals surface area contributed by atoms with Crippen LogP contribution in [0, 0.1) is 17.2 Å². The Bertz CT molecular complexity index is 615. The molecular formula is C15H14ClNO5. The fourth-order valence-electron chi connectivity index (χ4n) is 1.68. The van der Waals surface area contributed by atoms with Gasteiger partial charge in [-0.3, -0.25) is 4.79 Å². The standard InChI is InChI=1S/C15H14NO.ClHO4/c1-13-5-7-14(8-6-13)15(9-12-17)16-10-3-2-4-11-16;2-1(3,4)5/h2-12H,1H3;(H,2,3,4,5)/q+1;/p-1. The molecule has 0 N–H and O–H groups in total. The zero-order valence-corrected chi connectivity index (χ0v) is 12.5. The number of benzene rings is 1. The van der Waals surface area contributed by atoms with E-state index in [9.17, 15) is 4.79 Å². The molecule has 0 aliphatic rings. The first-order valence-electron chi connectivity index (χ1n) is 6.12. The molecule has 6 nitrogen and oxygen atoms in total. The Balaban J connectivity index is 0.000000422. The summed E-state index contributed by atoms with van der Waals surface area (Å²) >= 11 is 0. The summed E-state index contributed by atoms with van der Waals surface area (Å²) < 4.78 is 35.9. The molecule has 2 aromatic rings. The number of carbonyl (C=O) groups is 1. The summed E-state index contributed by atoms with van der Waals surface area (Å²) in [5.74, 6) is 0. The number of nitrogens with zero attached hydrogens (tertiary/aromatic N) is 1. The van der Waals surface area contributed by atoms with E-state index in [2.05, 4.69) is 0 Å². The lowest BCUT2D eigenvalue weighted by Gasteiger charge is -2.17. The maximum atomic E-state index is 10.7. The van der Waals surface area contributed by atoms with Crippen LogP contribution in [0.15, 0.2) is 60.9 Å². The Kier molecular flexibility index (Phi) is 6.84. The van der Waals surface area contributed by atoms with Gasteiger partial charge in [0.05, 0.1) is 6.08 Å². The van der Waals surface area contributed by atoms with Crippen LogP contribution in [0.2, 0.25) is 0 Å². The minimum atomic E-state index is -4.94. The van der Waals surface area contributed by atoms with Gasteiger partial charge in [0.2, 0.25) is 5.70 Å². The molecule has 22 heavy (non-hydrogen) atoms. The normalized spacial score (nSPS) is 11.4. The molecule has 0 saturated heterocycles. The number of allylic oxidation sites excluding steroid dienone is 1. The molecular weight excluding hydrogens is 310 g/mol. The molecule has 1 aromatic heterocycles. The highest BCUT2D eigenvalue weighted by Crippen LogP contribution is 2.11. The molecule has 1 aromatic carbocycles. The maximum Gasteiger partial charge on any atom is 0.221 e. The van der Waals surface area contributed by atoms with Crippen molar-refractivity contribution in [1.82, 2.24) is 0 Å². The number of aldehydes is 1. The lowest BCUT2D eigenvalue weighted by Crippen LogP contribution is -2.68. The highest BCUT2D eigenvalue weighted by atomic mass is 35.7. The van der Waals surface area contributed by atoms with Gasteiger partial charge in [0.1, 0.15) is 6.29 Å². The first-order chi connectivity index (χ1) is 10.3. The number of hydrogen-bond donors (Lipinski definition) is 0. The number of carbonyl (C=O) groups excluding carboxylic acids is 1. The molecule has 0 atom stereocenters. The van der Waals surface area contributed by atoms with E-state index in [1.807, 2.05) is 66.3 Å². The highest BCUT2D eigenvalue weighted by molar-refractivity contribution is 5.77. The summed E-state index contributed by atoms with van der Waals surface area (Å²) in [6, 6.07) is 13.9. The zero-order chi connectivity index (χ0) is 16.6. The average molecular weight is 324 g/mol. The Hall–Kier alpha value is -2.09. The van der Waals surface area contributed by atoms with Gasteiger partial charge >= 0.3 is 0 Å². The van der Waals surface area contributed by atoms with Crippen LogP contribution in [0.25, 0.3) is 5.70 Å². The van der Waals surface area contributed by atoms with Gasteiger partial charge in [0.15, 0.2) is 12.4 Å². The van der Waals surface area contributed by atoms with Crippen molar-refractivity contribution in [2.24, 2.45) is 0 Å². The molecule has 0 spiro atoms. The summed E-state index contributed by atoms with van der Waals surface area (Å²) in [5.41, 5.74) is 3.11. The second-order valence-corrected chi connectivity index (χ2v) is 4.97. The molecule has 116 valence electrons. The number of aryl methyl sites for hydroxylation is 1. The third kappa shape index (κ3) is 7.07. The van der Waals surface area contributed by atoms with Gasteiger partial charge in [-0.1, -0.05) is 23.8 Å². The number of hydrogen-bond acceptors (Lipinski definition) is 5. The van der Waals surface area contributed by atoms with Crippen LogP contribution in [0.5, 0.6) is 0 Å². The van der Waals surface area contributed by atoms with Gasteiger partial charge in [-0.25, -0.2) is 18.6 Å². The van der Waals surface area contributed by atoms with E-state index in [-0.39, 0.29) is 0 Å². The van der Waals surface area contributed by atoms with E-state index in [4.69, 9.17) is 18.6 Å². The SMILES string of the molecule is Cc1ccc(C(=CC=O)[n+]2ccccc2)cc1.[O-][Cl+3]([O-])([O-])[O-]. The van der Waals surface area contributed by atoms with Gasteiger partial charge in [0, 0.05) is 17.7 Å². The van der Waals surface area contributed by atoms with Gasteiger partial charge in [-0.15, -0.1) is 10.2 Å². The summed E-state index contributed by atoms with van der Waals surface area (Å²) in [6.45, 7) is 2.04. The number of halogens is 1. The van der Waals surface area contributed by atoms with Gasteiger partial charge < -0.3 is 0 Å². The molecule has 0 aliphatic heterocycles. The quantitative estimate of drug-likeness (QED) is 0.355. The van der Waals surface area contributed by atoms with Gasteiger partial charge in [-0.2, -0.15) is 4.57 Å². The van der Waals surface area contributed by atoms with Crippen LogP contribution in [0.3, 0.4) is 0 Å². The molecule has 1 heterocycles. The van der Waals surface area contributed by atoms with Gasteiger partial charge in [0.25, 0.3) is 0 Å². The van der Waals surface area contributed by atoms with Crippen molar-refractivity contribution in [3.8, 4) is 0 Å². The average Bonchev–Trinajstić information content (AvgIpc) is 2.45. The molecule has 0 radical (unpaired) electrons. The number of pyridine rings is 1. The molecule has 7 heteroatoms. The molecule has 0 unspecified atom stereocenters. The minimum absolute atomic E-state index is 0.815. The molecule has 0 saturated carbocycles. The zero-order valence-electron chi connectivity index (χ0n) is 11.7. The van der Waals surface area contributed by atoms with Crippen molar-refractivity contribution in [2.45, 2.75) is 6.92 Å². The van der Waals surface area contributed by atoms with E-state index < -0.39 is 10.2 Å². The van der Waals surface area contributed by atoms with Crippen molar-refractivity contribution in [2.75, 3.05) is 0 Å². The molecule has 0 amide bonds. The first kappa shape index (κ1) is 18.0. The van der Waals surface area contributed by atoms with E-state index in [1.165, 1.54) is 5.56 Å². The summed E-state index contributed by atoms with van der Waals surface area (Å²) in [7, 11) is -4.94. The van der Waals surface area contributed by atoms with Gasteiger partial charge in [-0.05, 0) is 19.1 Å². The monoisotopic (exact) mass is 323 g/mol. The smallest absolute Gasteiger partial charge is 0.221 e. The Morgan fingerprint density at radius 1 is 1.00 bits per heavy atom. The van der Waals surface area contributed by atoms with Crippen molar-refractivity contribution in [3.05, 3.63) is 72.1 Å². The molecule has 2 rings (SSSR count). The molecule has 0 bridgehead atoms. The third-order valence-electron chi connectivity index (χ3n) is 2.57. The van der Waals surface area contributed by atoms with E-state index in [0.717, 1.165) is 17.5 Å². The van der Waals surface area contributed by atoms with Crippen molar-refractivity contribution in [3.63, 3.8) is 0 Å². The van der Waals surface area contributed by atoms with Crippen molar-refractivity contribution >= 4 is 12.0 Å². The second kappa shape index (κ2) is 8.38. The van der Waals surface area contributed by atoms with E-state index in [0.29, 0.717) is 0 Å². The van der Waals surface area contributed by atoms with Crippen LogP contribution in [0.1, 0.15) is 11.1 Å². The minimum Gasteiger partial charge on any atom is -0.298 e. The van der Waals surface area contributed by atoms with E-state index in [1.54, 1.807) is 6.08 Å². The summed E-state index contributed by atoms with van der Waals surface area (Å²) in [5, 5.41) is 0. The first-order valence-corrected chi connectivity index (χ1v) is 7.35. The topological polar surface area (TPSA) is 113 Å². The third-order valence-corrected chi connectivity index (χ3v) is 2.57.